The van der Waals surface area contributed by atoms with Crippen LogP contribution in [-0.4, -0.2) is 0 Å². The van der Waals surface area contributed by atoms with Crippen molar-refractivity contribution in [3.05, 3.63) is 176 Å². The minimum absolute atomic E-state index is 0.835. The molecule has 48 heavy (non-hydrogen) atoms. The zero-order valence-corrected chi connectivity index (χ0v) is 27.0. The fraction of sp³-hybridized carbons (Fsp3) is 0. The summed E-state index contributed by atoms with van der Waals surface area (Å²) in [6, 6.07) is 62.1. The van der Waals surface area contributed by atoms with Crippen molar-refractivity contribution >= 4 is 87.7 Å². The van der Waals surface area contributed by atoms with Crippen LogP contribution < -0.4 is 15.9 Å². The Morgan fingerprint density at radius 3 is 1.27 bits per heavy atom. The van der Waals surface area contributed by atoms with Gasteiger partial charge in [-0.25, -0.2) is 0 Å². The van der Waals surface area contributed by atoms with Crippen molar-refractivity contribution in [3.63, 3.8) is 0 Å². The van der Waals surface area contributed by atoms with Crippen molar-refractivity contribution in [2.75, 3.05) is 0 Å². The highest BCUT2D eigenvalue weighted by atomic mass is 31.2. The van der Waals surface area contributed by atoms with Crippen LogP contribution in [0.3, 0.4) is 0 Å². The first-order valence-electron chi connectivity index (χ1n) is 16.5. The third-order valence-electron chi connectivity index (χ3n) is 10.2. The molecule has 2 heteroatoms. The van der Waals surface area contributed by atoms with E-state index in [-0.39, 0.29) is 0 Å². The van der Waals surface area contributed by atoms with E-state index in [0.29, 0.717) is 0 Å². The molecule has 0 atom stereocenters. The van der Waals surface area contributed by atoms with Crippen molar-refractivity contribution in [1.29, 1.82) is 0 Å². The van der Waals surface area contributed by atoms with Crippen molar-refractivity contribution < 1.29 is 4.57 Å². The number of hydrogen-bond acceptors (Lipinski definition) is 1. The highest BCUT2D eigenvalue weighted by Gasteiger charge is 2.30. The summed E-state index contributed by atoms with van der Waals surface area (Å²) in [7, 11) is -3.13. The van der Waals surface area contributed by atoms with Gasteiger partial charge in [-0.2, -0.15) is 0 Å². The third kappa shape index (κ3) is 3.89. The largest absolute Gasteiger partial charge is 0.309 e. The minimum atomic E-state index is -3.13. The Balaban J connectivity index is 1.33. The molecular weight excluding hydrogens is 599 g/mol. The first kappa shape index (κ1) is 27.4. The first-order chi connectivity index (χ1) is 23.7. The van der Waals surface area contributed by atoms with Crippen LogP contribution in [0, 0.1) is 0 Å². The van der Waals surface area contributed by atoms with E-state index in [9.17, 15) is 0 Å². The lowest BCUT2D eigenvalue weighted by atomic mass is 9.86. The van der Waals surface area contributed by atoms with Gasteiger partial charge < -0.3 is 4.57 Å². The summed E-state index contributed by atoms with van der Waals surface area (Å²) < 4.78 is 15.3. The van der Waals surface area contributed by atoms with Crippen LogP contribution in [0.2, 0.25) is 0 Å². The van der Waals surface area contributed by atoms with Crippen LogP contribution in [0.1, 0.15) is 0 Å². The van der Waals surface area contributed by atoms with Gasteiger partial charge in [0.2, 0.25) is 0 Å². The molecule has 0 saturated carbocycles. The molecule has 0 fully saturated rings. The fourth-order valence-corrected chi connectivity index (χ4v) is 10.8. The summed E-state index contributed by atoms with van der Waals surface area (Å²) in [5, 5.41) is 17.6. The quantitative estimate of drug-likeness (QED) is 0.140. The van der Waals surface area contributed by atoms with E-state index >= 15 is 4.57 Å². The summed E-state index contributed by atoms with van der Waals surface area (Å²) in [5.74, 6) is 0. The number of rotatable bonds is 4. The van der Waals surface area contributed by atoms with Crippen LogP contribution in [0.4, 0.5) is 0 Å². The molecule has 0 saturated heterocycles. The molecule has 1 nitrogen and oxygen atoms in total. The zero-order chi connectivity index (χ0) is 31.8. The molecule has 0 N–H and O–H groups in total. The van der Waals surface area contributed by atoms with Crippen molar-refractivity contribution in [2.45, 2.75) is 0 Å². The predicted octanol–water partition coefficient (Wildman–Crippen LogP) is 11.3. The van der Waals surface area contributed by atoms with Gasteiger partial charge in [0.1, 0.15) is 0 Å². The average Bonchev–Trinajstić information content (AvgIpc) is 3.16. The molecule has 10 aromatic rings. The summed E-state index contributed by atoms with van der Waals surface area (Å²) in [4.78, 5) is 0. The van der Waals surface area contributed by atoms with E-state index in [0.717, 1.165) is 27.0 Å². The average molecular weight is 629 g/mol. The molecule has 10 aromatic carbocycles. The van der Waals surface area contributed by atoms with Crippen molar-refractivity contribution in [3.8, 4) is 11.1 Å². The van der Waals surface area contributed by atoms with Crippen LogP contribution in [0.15, 0.2) is 176 Å². The Labute approximate surface area is 278 Å². The second-order valence-corrected chi connectivity index (χ2v) is 15.6. The Morgan fingerprint density at radius 1 is 0.292 bits per heavy atom. The van der Waals surface area contributed by atoms with Gasteiger partial charge in [0.25, 0.3) is 0 Å². The lowest BCUT2D eigenvalue weighted by Crippen LogP contribution is -2.25. The van der Waals surface area contributed by atoms with Gasteiger partial charge in [0, 0.05) is 15.9 Å². The molecular formula is C46H29OP. The van der Waals surface area contributed by atoms with Crippen LogP contribution >= 0.6 is 7.14 Å². The maximum Gasteiger partial charge on any atom is 0.171 e. The summed E-state index contributed by atoms with van der Waals surface area (Å²) in [6.07, 6.45) is 0. The standard InChI is InChI=1S/C46H29OP/c47-48(36-15-3-1-4-16-36,37-17-5-2-6-18-37)38-19-7-14-33(28-38)35-27-34-26-25-32-12-9-21-40-39-20-8-11-30-23-24-31-13-10-22-41(45(31)43(30)39)42(29-35)46(34)44(32)40/h1-29H. The van der Waals surface area contributed by atoms with E-state index in [4.69, 9.17) is 0 Å². The van der Waals surface area contributed by atoms with Gasteiger partial charge >= 0.3 is 0 Å². The number of benzene rings is 9. The van der Waals surface area contributed by atoms with E-state index < -0.39 is 7.14 Å². The smallest absolute Gasteiger partial charge is 0.171 e. The monoisotopic (exact) mass is 628 g/mol. The summed E-state index contributed by atoms with van der Waals surface area (Å²) in [6.45, 7) is 0. The van der Waals surface area contributed by atoms with E-state index in [1.54, 1.807) is 0 Å². The molecule has 0 aliphatic heterocycles. The maximum atomic E-state index is 15.3. The molecule has 10 rings (SSSR count). The highest BCUT2D eigenvalue weighted by molar-refractivity contribution is 7.85. The number of fused-ring (bicyclic) bond motifs is 2. The Morgan fingerprint density at radius 2 is 0.729 bits per heavy atom. The number of hydrogen-bond donors (Lipinski definition) is 0. The lowest BCUT2D eigenvalue weighted by Gasteiger charge is -2.21. The molecule has 0 radical (unpaired) electrons. The zero-order valence-electron chi connectivity index (χ0n) is 26.1. The van der Waals surface area contributed by atoms with Crippen LogP contribution in [-0.2, 0) is 4.57 Å². The fourth-order valence-electron chi connectivity index (χ4n) is 8.06. The van der Waals surface area contributed by atoms with Gasteiger partial charge in [-0.05, 0) is 94.0 Å². The molecule has 0 amide bonds. The SMILES string of the molecule is O=P(c1ccccc1)(c1ccccc1)c1cccc(-c2cc3ccc4cccc5c6cccc7ccc8cccc(c(c2)c3c45)c8c76)c1. The Bertz CT molecular complexity index is 2860. The molecule has 0 heterocycles. The van der Waals surface area contributed by atoms with Crippen LogP contribution in [0.5, 0.6) is 0 Å². The molecule has 0 aliphatic rings. The highest BCUT2D eigenvalue weighted by Crippen LogP contribution is 2.46. The van der Waals surface area contributed by atoms with E-state index in [1.165, 1.54) is 64.6 Å². The second kappa shape index (κ2) is 10.4. The first-order valence-corrected chi connectivity index (χ1v) is 18.2. The van der Waals surface area contributed by atoms with Gasteiger partial charge in [0.15, 0.2) is 7.14 Å². The summed E-state index contributed by atoms with van der Waals surface area (Å²) in [5.41, 5.74) is 2.17. The van der Waals surface area contributed by atoms with Crippen molar-refractivity contribution in [1.82, 2.24) is 0 Å². The minimum Gasteiger partial charge on any atom is -0.309 e. The molecule has 0 aliphatic carbocycles. The molecule has 0 spiro atoms. The normalized spacial score (nSPS) is 12.2. The maximum absolute atomic E-state index is 15.3. The van der Waals surface area contributed by atoms with E-state index in [1.807, 2.05) is 66.7 Å². The second-order valence-electron chi connectivity index (χ2n) is 12.8. The summed E-state index contributed by atoms with van der Waals surface area (Å²) >= 11 is 0. The van der Waals surface area contributed by atoms with Gasteiger partial charge in [-0.3, -0.25) is 0 Å². The Hall–Kier alpha value is -5.75. The molecule has 0 aromatic heterocycles. The molecule has 0 unspecified atom stereocenters. The molecule has 0 bridgehead atoms. The molecule has 224 valence electrons. The third-order valence-corrected chi connectivity index (χ3v) is 13.3. The van der Waals surface area contributed by atoms with Crippen LogP contribution in [0.25, 0.3) is 75.8 Å². The topological polar surface area (TPSA) is 17.1 Å². The van der Waals surface area contributed by atoms with Crippen molar-refractivity contribution in [2.24, 2.45) is 0 Å². The lowest BCUT2D eigenvalue weighted by molar-refractivity contribution is 0.592. The van der Waals surface area contributed by atoms with Gasteiger partial charge in [0.05, 0.1) is 0 Å². The Kier molecular flexibility index (Phi) is 5.92. The predicted molar refractivity (Wildman–Crippen MR) is 207 cm³/mol. The van der Waals surface area contributed by atoms with Gasteiger partial charge in [-0.15, -0.1) is 0 Å². The van der Waals surface area contributed by atoms with E-state index in [2.05, 4.69) is 109 Å². The van der Waals surface area contributed by atoms with Gasteiger partial charge in [-0.1, -0.05) is 158 Å².